The van der Waals surface area contributed by atoms with Crippen LogP contribution < -0.4 is 15.0 Å². The second-order valence-corrected chi connectivity index (χ2v) is 12.4. The second-order valence-electron chi connectivity index (χ2n) is 11.5. The number of ether oxygens (including phenoxy) is 2. The fraction of sp³-hybridized carbons (Fsp3) is 0.448. The first-order valence-corrected chi connectivity index (χ1v) is 14.2. The summed E-state index contributed by atoms with van der Waals surface area (Å²) in [6.07, 6.45) is 1.63. The number of rotatable bonds is 4. The highest BCUT2D eigenvalue weighted by atomic mass is 32.1. The molecule has 0 aliphatic carbocycles. The fourth-order valence-corrected chi connectivity index (χ4v) is 6.34. The Morgan fingerprint density at radius 1 is 1.10 bits per heavy atom. The number of aromatic nitrogens is 3. The lowest BCUT2D eigenvalue weighted by atomic mass is 10.1. The molecule has 1 fully saturated rings. The van der Waals surface area contributed by atoms with Crippen LogP contribution in [0.5, 0.6) is 5.19 Å². The van der Waals surface area contributed by atoms with Gasteiger partial charge in [0.15, 0.2) is 0 Å². The van der Waals surface area contributed by atoms with Gasteiger partial charge in [0.1, 0.15) is 11.1 Å². The molecule has 4 aromatic rings. The molecule has 0 unspecified atom stereocenters. The molecule has 0 bridgehead atoms. The molecular formula is C29H36N6O4S. The lowest BCUT2D eigenvalue weighted by molar-refractivity contribution is 0.00567. The number of fused-ring (bicyclic) bond motifs is 2. The molecular weight excluding hydrogens is 528 g/mol. The monoisotopic (exact) mass is 564 g/mol. The average Bonchev–Trinajstić information content (AvgIpc) is 3.45. The number of carbonyl (C=O) groups is 2. The highest BCUT2D eigenvalue weighted by Crippen LogP contribution is 2.39. The first-order chi connectivity index (χ1) is 18.8. The highest BCUT2D eigenvalue weighted by molar-refractivity contribution is 7.21. The maximum absolute atomic E-state index is 13.5. The number of amides is 2. The Bertz CT molecular complexity index is 1590. The van der Waals surface area contributed by atoms with E-state index in [1.54, 1.807) is 11.8 Å². The number of aryl methyl sites for hydroxylation is 2. The van der Waals surface area contributed by atoms with Crippen molar-refractivity contribution < 1.29 is 19.1 Å². The largest absolute Gasteiger partial charge is 0.473 e. The van der Waals surface area contributed by atoms with E-state index >= 15 is 0 Å². The number of piperazine rings is 1. The molecule has 5 rings (SSSR count). The van der Waals surface area contributed by atoms with Gasteiger partial charge in [-0.1, -0.05) is 11.3 Å². The Hall–Kier alpha value is -3.86. The second kappa shape index (κ2) is 10.3. The summed E-state index contributed by atoms with van der Waals surface area (Å²) in [5.74, 6) is -0.247. The van der Waals surface area contributed by atoms with Crippen molar-refractivity contribution in [3.05, 3.63) is 41.6 Å². The van der Waals surface area contributed by atoms with Crippen LogP contribution in [0, 0.1) is 6.92 Å². The summed E-state index contributed by atoms with van der Waals surface area (Å²) in [6.45, 7) is 12.9. The number of anilines is 2. The Morgan fingerprint density at radius 3 is 2.45 bits per heavy atom. The summed E-state index contributed by atoms with van der Waals surface area (Å²) >= 11 is 1.41. The van der Waals surface area contributed by atoms with Crippen LogP contribution in [-0.4, -0.2) is 69.5 Å². The molecule has 2 atom stereocenters. The minimum Gasteiger partial charge on any atom is -0.473 e. The molecule has 10 nitrogen and oxygen atoms in total. The van der Waals surface area contributed by atoms with Gasteiger partial charge in [-0.3, -0.25) is 14.4 Å². The minimum absolute atomic E-state index is 0.0722. The highest BCUT2D eigenvalue weighted by Gasteiger charge is 2.36. The molecule has 0 saturated carbocycles. The van der Waals surface area contributed by atoms with E-state index in [-0.39, 0.29) is 24.1 Å². The number of benzene rings is 2. The number of thiazole rings is 1. The first-order valence-electron chi connectivity index (χ1n) is 13.3. The molecule has 1 aliphatic rings. The summed E-state index contributed by atoms with van der Waals surface area (Å²) in [6, 6.07) is 7.49. The predicted molar refractivity (Wildman–Crippen MR) is 159 cm³/mol. The standard InChI is InChI=1S/C29H36N6O4S/c1-16-11-20(12-19-15-33(7)32-23(16)19)30-26(36)21-9-10-22(25-24(21)31-27(38-8)40-25)34-13-17(2)35(18(3)14-34)28(37)39-29(4,5)6/h9-12,15,17-18H,13-14H2,1-8H3,(H,30,36)/t17-,18-/m0/s1. The molecule has 1 N–H and O–H groups in total. The van der Waals surface area contributed by atoms with E-state index in [0.717, 1.165) is 26.9 Å². The molecule has 0 spiro atoms. The third-order valence-electron chi connectivity index (χ3n) is 6.96. The zero-order valence-electron chi connectivity index (χ0n) is 24.2. The fourth-order valence-electron chi connectivity index (χ4n) is 5.39. The van der Waals surface area contributed by atoms with Gasteiger partial charge in [0.25, 0.3) is 11.1 Å². The third-order valence-corrected chi connectivity index (χ3v) is 8.00. The summed E-state index contributed by atoms with van der Waals surface area (Å²) < 4.78 is 13.8. The zero-order chi connectivity index (χ0) is 28.9. The quantitative estimate of drug-likeness (QED) is 0.345. The number of nitrogens with zero attached hydrogens (tertiary/aromatic N) is 5. The van der Waals surface area contributed by atoms with E-state index in [2.05, 4.69) is 20.3 Å². The van der Waals surface area contributed by atoms with Gasteiger partial charge in [-0.15, -0.1) is 0 Å². The minimum atomic E-state index is -0.558. The topological polar surface area (TPSA) is 102 Å². The molecule has 1 saturated heterocycles. The maximum Gasteiger partial charge on any atom is 0.410 e. The van der Waals surface area contributed by atoms with Gasteiger partial charge in [0, 0.05) is 37.4 Å². The van der Waals surface area contributed by atoms with Crippen LogP contribution in [0.3, 0.4) is 0 Å². The van der Waals surface area contributed by atoms with Gasteiger partial charge in [0.05, 0.1) is 40.7 Å². The summed E-state index contributed by atoms with van der Waals surface area (Å²) in [4.78, 5) is 35.1. The number of methoxy groups -OCH3 is 1. The summed E-state index contributed by atoms with van der Waals surface area (Å²) in [5.41, 5.74) is 4.05. The van der Waals surface area contributed by atoms with Crippen LogP contribution in [0.1, 0.15) is 50.5 Å². The van der Waals surface area contributed by atoms with Crippen LogP contribution in [-0.2, 0) is 11.8 Å². The van der Waals surface area contributed by atoms with Crippen molar-refractivity contribution in [2.24, 2.45) is 7.05 Å². The molecule has 2 aromatic heterocycles. The molecule has 1 aliphatic heterocycles. The van der Waals surface area contributed by atoms with Gasteiger partial charge >= 0.3 is 6.09 Å². The smallest absolute Gasteiger partial charge is 0.410 e. The molecule has 2 amide bonds. The normalized spacial score (nSPS) is 17.9. The Kier molecular flexibility index (Phi) is 7.11. The molecule has 0 radical (unpaired) electrons. The van der Waals surface area contributed by atoms with Crippen LogP contribution in [0.15, 0.2) is 30.5 Å². The zero-order valence-corrected chi connectivity index (χ0v) is 25.0. The van der Waals surface area contributed by atoms with E-state index in [0.29, 0.717) is 35.1 Å². The van der Waals surface area contributed by atoms with Crippen LogP contribution in [0.4, 0.5) is 16.2 Å². The van der Waals surface area contributed by atoms with E-state index in [1.165, 1.54) is 11.3 Å². The van der Waals surface area contributed by atoms with Gasteiger partial charge in [0.2, 0.25) is 0 Å². The first kappa shape index (κ1) is 27.7. The number of nitrogens with one attached hydrogen (secondary N) is 1. The van der Waals surface area contributed by atoms with Gasteiger partial charge in [-0.05, 0) is 71.4 Å². The number of carbonyl (C=O) groups excluding carboxylic acids is 2. The SMILES string of the molecule is COc1nc2c(C(=O)Nc3cc(C)c4nn(C)cc4c3)ccc(N3C[C@H](C)N(C(=O)OC(C)(C)C)[C@@H](C)C3)c2s1. The number of hydrogen-bond donors (Lipinski definition) is 1. The molecule has 3 heterocycles. The molecule has 11 heteroatoms. The van der Waals surface area contributed by atoms with Crippen molar-refractivity contribution in [1.82, 2.24) is 19.7 Å². The maximum atomic E-state index is 13.5. The van der Waals surface area contributed by atoms with Crippen molar-refractivity contribution in [3.63, 3.8) is 0 Å². The van der Waals surface area contributed by atoms with Crippen molar-refractivity contribution >= 4 is 55.8 Å². The third kappa shape index (κ3) is 5.30. The van der Waals surface area contributed by atoms with Gasteiger partial charge in [-0.2, -0.15) is 5.10 Å². The van der Waals surface area contributed by atoms with Crippen molar-refractivity contribution in [1.29, 1.82) is 0 Å². The van der Waals surface area contributed by atoms with Crippen LogP contribution >= 0.6 is 11.3 Å². The van der Waals surface area contributed by atoms with E-state index in [1.807, 2.05) is 84.0 Å². The van der Waals surface area contributed by atoms with E-state index in [4.69, 9.17) is 9.47 Å². The van der Waals surface area contributed by atoms with Gasteiger partial charge < -0.3 is 19.7 Å². The molecule has 212 valence electrons. The van der Waals surface area contributed by atoms with Crippen LogP contribution in [0.25, 0.3) is 21.1 Å². The van der Waals surface area contributed by atoms with E-state index < -0.39 is 5.60 Å². The average molecular weight is 565 g/mol. The van der Waals surface area contributed by atoms with Crippen molar-refractivity contribution in [2.75, 3.05) is 30.4 Å². The van der Waals surface area contributed by atoms with Crippen molar-refractivity contribution in [2.45, 2.75) is 59.2 Å². The Balaban J connectivity index is 1.44. The van der Waals surface area contributed by atoms with E-state index in [9.17, 15) is 9.59 Å². The van der Waals surface area contributed by atoms with Crippen LogP contribution in [0.2, 0.25) is 0 Å². The predicted octanol–water partition coefficient (Wildman–Crippen LogP) is 5.59. The molecule has 40 heavy (non-hydrogen) atoms. The lowest BCUT2D eigenvalue weighted by Gasteiger charge is -2.45. The van der Waals surface area contributed by atoms with Gasteiger partial charge in [-0.25, -0.2) is 9.78 Å². The number of hydrogen-bond acceptors (Lipinski definition) is 8. The Morgan fingerprint density at radius 2 is 1.80 bits per heavy atom. The Labute approximate surface area is 237 Å². The summed E-state index contributed by atoms with van der Waals surface area (Å²) in [7, 11) is 3.46. The lowest BCUT2D eigenvalue weighted by Crippen LogP contribution is -2.59. The van der Waals surface area contributed by atoms with Crippen molar-refractivity contribution in [3.8, 4) is 5.19 Å². The summed E-state index contributed by atoms with van der Waals surface area (Å²) in [5, 5.41) is 8.98. The molecule has 2 aromatic carbocycles.